The van der Waals surface area contributed by atoms with Gasteiger partial charge in [-0.1, -0.05) is 36.4 Å². The molecule has 3 rings (SSSR count). The summed E-state index contributed by atoms with van der Waals surface area (Å²) in [5.74, 6) is -0.562. The topological polar surface area (TPSA) is 73.4 Å². The first-order valence-electron chi connectivity index (χ1n) is 6.87. The Bertz CT molecular complexity index is 907. The number of thioether (sulfide) groups is 1. The van der Waals surface area contributed by atoms with Gasteiger partial charge >= 0.3 is 0 Å². The van der Waals surface area contributed by atoms with Crippen LogP contribution in [0.5, 0.6) is 0 Å². The number of carbonyl (C=O) groups is 1. The van der Waals surface area contributed by atoms with E-state index in [4.69, 9.17) is 0 Å². The molecule has 1 N–H and O–H groups in total. The molecular formula is C18H12N2O2S. The summed E-state index contributed by atoms with van der Waals surface area (Å²) in [6, 6.07) is 16.0. The molecule has 2 aromatic carbocycles. The summed E-state index contributed by atoms with van der Waals surface area (Å²) in [5.41, 5.74) is 1.31. The third-order valence-corrected chi connectivity index (χ3v) is 4.34. The van der Waals surface area contributed by atoms with Crippen LogP contribution in [-0.4, -0.2) is 22.9 Å². The van der Waals surface area contributed by atoms with E-state index in [9.17, 15) is 15.2 Å². The maximum Gasteiger partial charge on any atom is 0.200 e. The second-order valence-electron chi connectivity index (χ2n) is 4.84. The number of aliphatic hydroxyl groups is 1. The molecule has 0 aromatic heterocycles. The molecule has 0 spiro atoms. The Morgan fingerprint density at radius 1 is 1.13 bits per heavy atom. The van der Waals surface area contributed by atoms with Crippen molar-refractivity contribution < 1.29 is 9.90 Å². The number of aliphatic imine (C=N–C) groups is 1. The van der Waals surface area contributed by atoms with Crippen LogP contribution >= 0.6 is 11.8 Å². The summed E-state index contributed by atoms with van der Waals surface area (Å²) in [5, 5.41) is 19.8. The van der Waals surface area contributed by atoms with Crippen LogP contribution in [0, 0.1) is 11.3 Å². The number of hydrogen-bond donors (Lipinski definition) is 1. The highest BCUT2D eigenvalue weighted by Crippen LogP contribution is 2.33. The molecule has 0 saturated carbocycles. The smallest absolute Gasteiger partial charge is 0.200 e. The molecule has 0 amide bonds. The van der Waals surface area contributed by atoms with Crippen LogP contribution in [0.15, 0.2) is 64.0 Å². The molecule has 4 nitrogen and oxygen atoms in total. The van der Waals surface area contributed by atoms with E-state index in [1.54, 1.807) is 30.3 Å². The number of ketones is 1. The summed E-state index contributed by atoms with van der Waals surface area (Å²) in [4.78, 5) is 17.7. The molecule has 0 bridgehead atoms. The Morgan fingerprint density at radius 2 is 1.78 bits per heavy atom. The molecule has 0 heterocycles. The highest BCUT2D eigenvalue weighted by molar-refractivity contribution is 7.98. The van der Waals surface area contributed by atoms with E-state index in [0.717, 1.165) is 4.90 Å². The van der Waals surface area contributed by atoms with Crippen molar-refractivity contribution in [2.45, 2.75) is 4.90 Å². The predicted octanol–water partition coefficient (Wildman–Crippen LogP) is 4.17. The number of Topliss-reactive ketones (excluding diaryl/α,β-unsaturated/α-hetero) is 1. The van der Waals surface area contributed by atoms with Crippen molar-refractivity contribution in [3.05, 3.63) is 65.2 Å². The van der Waals surface area contributed by atoms with Crippen LogP contribution in [-0.2, 0) is 0 Å². The molecule has 0 aliphatic heterocycles. The van der Waals surface area contributed by atoms with Crippen molar-refractivity contribution in [2.24, 2.45) is 4.99 Å². The quantitative estimate of drug-likeness (QED) is 0.680. The predicted molar refractivity (Wildman–Crippen MR) is 91.3 cm³/mol. The molecule has 0 unspecified atom stereocenters. The number of rotatable bonds is 3. The van der Waals surface area contributed by atoms with Gasteiger partial charge in [0.1, 0.15) is 17.4 Å². The molecule has 1 aliphatic carbocycles. The Kier molecular flexibility index (Phi) is 4.00. The number of carbonyl (C=O) groups excluding carboxylic acids is 1. The van der Waals surface area contributed by atoms with Crippen LogP contribution in [0.1, 0.15) is 15.9 Å². The summed E-state index contributed by atoms with van der Waals surface area (Å²) in [7, 11) is 0. The van der Waals surface area contributed by atoms with Gasteiger partial charge in [0.05, 0.1) is 5.69 Å². The molecule has 0 atom stereocenters. The summed E-state index contributed by atoms with van der Waals surface area (Å²) >= 11 is 1.50. The third-order valence-electron chi connectivity index (χ3n) is 3.55. The number of benzene rings is 2. The van der Waals surface area contributed by atoms with Gasteiger partial charge in [-0.2, -0.15) is 5.26 Å². The van der Waals surface area contributed by atoms with Gasteiger partial charge in [-0.05, 0) is 18.4 Å². The van der Waals surface area contributed by atoms with E-state index < -0.39 is 0 Å². The lowest BCUT2D eigenvalue weighted by molar-refractivity contribution is 0.104. The minimum Gasteiger partial charge on any atom is -0.506 e. The number of hydrogen-bond acceptors (Lipinski definition) is 5. The fourth-order valence-electron chi connectivity index (χ4n) is 2.46. The van der Waals surface area contributed by atoms with Gasteiger partial charge in [-0.25, -0.2) is 4.99 Å². The summed E-state index contributed by atoms with van der Waals surface area (Å²) in [6.07, 6.45) is 1.91. The number of aliphatic hydroxyl groups excluding tert-OH is 1. The molecular weight excluding hydrogens is 308 g/mol. The van der Waals surface area contributed by atoms with E-state index >= 15 is 0 Å². The average molecular weight is 320 g/mol. The van der Waals surface area contributed by atoms with Crippen molar-refractivity contribution in [3.63, 3.8) is 0 Å². The van der Waals surface area contributed by atoms with Crippen LogP contribution in [0.25, 0.3) is 5.76 Å². The van der Waals surface area contributed by atoms with Gasteiger partial charge in [-0.3, -0.25) is 4.79 Å². The number of para-hydroxylation sites is 1. The molecule has 23 heavy (non-hydrogen) atoms. The lowest BCUT2D eigenvalue weighted by atomic mass is 10.1. The zero-order valence-electron chi connectivity index (χ0n) is 12.3. The van der Waals surface area contributed by atoms with Gasteiger partial charge in [0, 0.05) is 16.0 Å². The molecule has 0 saturated heterocycles. The van der Waals surface area contributed by atoms with E-state index in [1.807, 2.05) is 30.5 Å². The largest absolute Gasteiger partial charge is 0.506 e. The number of allylic oxidation sites excluding steroid dienone is 1. The van der Waals surface area contributed by atoms with Gasteiger partial charge in [0.25, 0.3) is 0 Å². The standard InChI is InChI=1S/C18H12N2O2S/c1-23-15-9-5-4-8-13(15)20-14(10-19)16-17(21)11-6-2-3-7-12(11)18(16)22/h2-9,21H,1H3. The monoisotopic (exact) mass is 320 g/mol. The number of nitriles is 1. The third kappa shape index (κ3) is 2.54. The van der Waals surface area contributed by atoms with Crippen molar-refractivity contribution >= 4 is 34.7 Å². The Hall–Kier alpha value is -2.84. The zero-order valence-corrected chi connectivity index (χ0v) is 13.1. The van der Waals surface area contributed by atoms with Gasteiger partial charge < -0.3 is 5.11 Å². The second kappa shape index (κ2) is 6.11. The van der Waals surface area contributed by atoms with Gasteiger partial charge in [-0.15, -0.1) is 11.8 Å². The highest BCUT2D eigenvalue weighted by atomic mass is 32.2. The molecule has 0 fully saturated rings. The molecule has 112 valence electrons. The molecule has 2 aromatic rings. The number of fused-ring (bicyclic) bond motifs is 1. The highest BCUT2D eigenvalue weighted by Gasteiger charge is 2.32. The van der Waals surface area contributed by atoms with Crippen molar-refractivity contribution in [1.29, 1.82) is 5.26 Å². The lowest BCUT2D eigenvalue weighted by Gasteiger charge is -2.03. The minimum absolute atomic E-state index is 0.0374. The number of nitrogens with zero attached hydrogens (tertiary/aromatic N) is 2. The van der Waals surface area contributed by atoms with Crippen molar-refractivity contribution in [2.75, 3.05) is 6.26 Å². The van der Waals surface area contributed by atoms with Gasteiger partial charge in [0.2, 0.25) is 0 Å². The van der Waals surface area contributed by atoms with Crippen LogP contribution < -0.4 is 0 Å². The van der Waals surface area contributed by atoms with E-state index in [0.29, 0.717) is 16.8 Å². The Morgan fingerprint density at radius 3 is 2.43 bits per heavy atom. The fourth-order valence-corrected chi connectivity index (χ4v) is 3.00. The first-order valence-corrected chi connectivity index (χ1v) is 8.09. The van der Waals surface area contributed by atoms with Gasteiger partial charge in [0.15, 0.2) is 11.5 Å². The Balaban J connectivity index is 2.14. The first-order chi connectivity index (χ1) is 11.2. The zero-order chi connectivity index (χ0) is 16.4. The second-order valence-corrected chi connectivity index (χ2v) is 5.69. The fraction of sp³-hybridized carbons (Fsp3) is 0.0556. The van der Waals surface area contributed by atoms with E-state index in [-0.39, 0.29) is 22.8 Å². The first kappa shape index (κ1) is 15.1. The van der Waals surface area contributed by atoms with Crippen LogP contribution in [0.4, 0.5) is 5.69 Å². The SMILES string of the molecule is CSc1ccccc1N=C(C#N)C1=C(O)c2ccccc2C1=O. The maximum absolute atomic E-state index is 12.5. The maximum atomic E-state index is 12.5. The van der Waals surface area contributed by atoms with E-state index in [2.05, 4.69) is 4.99 Å². The summed E-state index contributed by atoms with van der Waals surface area (Å²) in [6.45, 7) is 0. The molecule has 1 aliphatic rings. The van der Waals surface area contributed by atoms with Crippen LogP contribution in [0.2, 0.25) is 0 Å². The molecule has 5 heteroatoms. The van der Waals surface area contributed by atoms with Crippen molar-refractivity contribution in [3.8, 4) is 6.07 Å². The van der Waals surface area contributed by atoms with Crippen molar-refractivity contribution in [1.82, 2.24) is 0 Å². The lowest BCUT2D eigenvalue weighted by Crippen LogP contribution is -2.09. The van der Waals surface area contributed by atoms with E-state index in [1.165, 1.54) is 11.8 Å². The normalized spacial score (nSPS) is 13.9. The minimum atomic E-state index is -0.375. The summed E-state index contributed by atoms with van der Waals surface area (Å²) < 4.78 is 0. The average Bonchev–Trinajstić information content (AvgIpc) is 2.85. The molecule has 0 radical (unpaired) electrons. The van der Waals surface area contributed by atoms with Crippen LogP contribution in [0.3, 0.4) is 0 Å². The Labute approximate surface area is 137 Å².